The van der Waals surface area contributed by atoms with Crippen molar-refractivity contribution in [2.75, 3.05) is 49.6 Å². The summed E-state index contributed by atoms with van der Waals surface area (Å²) in [6.45, 7) is 4.00. The van der Waals surface area contributed by atoms with E-state index in [9.17, 15) is 19.2 Å². The molecule has 0 atom stereocenters. The molecule has 0 radical (unpaired) electrons. The Balaban J connectivity index is 0.000000191. The summed E-state index contributed by atoms with van der Waals surface area (Å²) in [5.41, 5.74) is 14.6. The Bertz CT molecular complexity index is 2290. The van der Waals surface area contributed by atoms with Gasteiger partial charge in [-0.1, -0.05) is 121 Å². The van der Waals surface area contributed by atoms with Crippen LogP contribution in [0, 0.1) is 0 Å². The molecule has 0 spiro atoms. The highest BCUT2D eigenvalue weighted by atomic mass is 16.5. The van der Waals surface area contributed by atoms with Crippen LogP contribution in [0.5, 0.6) is 0 Å². The predicted octanol–water partition coefficient (Wildman–Crippen LogP) is 10.9. The molecule has 2 fully saturated rings. The maximum Gasteiger partial charge on any atom is 0.337 e. The average molecular weight is 856 g/mol. The fourth-order valence-electron chi connectivity index (χ4n) is 8.16. The zero-order chi connectivity index (χ0) is 44.7. The number of amides is 4. The van der Waals surface area contributed by atoms with E-state index in [0.717, 1.165) is 96.6 Å². The van der Waals surface area contributed by atoms with Gasteiger partial charge in [0.2, 0.25) is 0 Å². The molecule has 2 aliphatic heterocycles. The number of nitrogens with zero attached hydrogens (tertiary/aromatic N) is 4. The molecule has 6 aromatic carbocycles. The third-order valence-electron chi connectivity index (χ3n) is 11.8. The van der Waals surface area contributed by atoms with Crippen LogP contribution >= 0.6 is 0 Å². The monoisotopic (exact) mass is 855 g/mol. The first kappa shape index (κ1) is 45.0. The number of ketones is 1. The molecular formula is C54H57N5O5. The largest absolute Gasteiger partial charge is 0.465 e. The van der Waals surface area contributed by atoms with Crippen LogP contribution in [0.15, 0.2) is 158 Å². The van der Waals surface area contributed by atoms with Crippen molar-refractivity contribution in [3.8, 4) is 22.3 Å². The highest BCUT2D eigenvalue weighted by Gasteiger charge is 2.26. The molecule has 0 aliphatic carbocycles. The number of carbonyl (C=O) groups is 4. The number of nitrogens with two attached hydrogens (primary N) is 1. The van der Waals surface area contributed by atoms with Crippen LogP contribution in [-0.4, -0.2) is 73.4 Å². The van der Waals surface area contributed by atoms with Gasteiger partial charge in [-0.3, -0.25) is 14.6 Å². The molecule has 2 aliphatic rings. The third-order valence-corrected chi connectivity index (χ3v) is 11.8. The number of anilines is 2. The highest BCUT2D eigenvalue weighted by molar-refractivity contribution is 5.98. The Morgan fingerprint density at radius 1 is 0.484 bits per heavy atom. The quantitative estimate of drug-likeness (QED) is 0.102. The number of hydrogen-bond donors (Lipinski definition) is 1. The number of carbonyl (C=O) groups excluding carboxylic acids is 4. The van der Waals surface area contributed by atoms with Crippen molar-refractivity contribution in [3.05, 3.63) is 180 Å². The van der Waals surface area contributed by atoms with Crippen LogP contribution in [0.1, 0.15) is 70.4 Å². The van der Waals surface area contributed by atoms with Crippen LogP contribution in [-0.2, 0) is 17.8 Å². The van der Waals surface area contributed by atoms with E-state index in [1.54, 1.807) is 24.3 Å². The number of hydrogen-bond acceptors (Lipinski definition) is 6. The van der Waals surface area contributed by atoms with Gasteiger partial charge in [0, 0.05) is 43.1 Å². The maximum atomic E-state index is 13.6. The molecule has 10 nitrogen and oxygen atoms in total. The Morgan fingerprint density at radius 3 is 1.27 bits per heavy atom. The summed E-state index contributed by atoms with van der Waals surface area (Å²) in [5.74, 6) is -0.457. The van der Waals surface area contributed by atoms with Crippen molar-refractivity contribution in [3.63, 3.8) is 0 Å². The molecule has 8 rings (SSSR count). The van der Waals surface area contributed by atoms with Crippen molar-refractivity contribution < 1.29 is 23.9 Å². The van der Waals surface area contributed by atoms with Gasteiger partial charge < -0.3 is 20.3 Å². The Morgan fingerprint density at radius 2 is 0.875 bits per heavy atom. The predicted molar refractivity (Wildman–Crippen MR) is 255 cm³/mol. The lowest BCUT2D eigenvalue weighted by Gasteiger charge is -2.33. The maximum absolute atomic E-state index is 13.6. The standard InChI is InChI=1S/C27H29N3O2.C27H28N2O3/c28-19-26(31)23-14-12-21(13-15-23)20-30(27(32)29-16-5-2-6-17-29)25-11-7-10-24(18-25)22-8-3-1-4-9-22;1-32-26(30)23-15-13-21(14-16-23)20-29(27(31)28-17-6-3-7-18-28)25-12-8-11-24(19-25)22-9-4-2-5-10-22/h1,3-4,7-15,18H,2,5-6,16-17,19-20,28H2;2,4-5,8-16,19H,3,6-7,17-18,20H2,1H3. The van der Waals surface area contributed by atoms with Crippen molar-refractivity contribution >= 4 is 35.2 Å². The number of Topliss-reactive ketones (excluding diaryl/α,β-unsaturated/α-hetero) is 1. The van der Waals surface area contributed by atoms with Gasteiger partial charge in [-0.25, -0.2) is 14.4 Å². The van der Waals surface area contributed by atoms with Gasteiger partial charge in [-0.15, -0.1) is 0 Å². The molecule has 10 heteroatoms. The smallest absolute Gasteiger partial charge is 0.337 e. The number of urea groups is 2. The van der Waals surface area contributed by atoms with Crippen LogP contribution < -0.4 is 15.5 Å². The fraction of sp³-hybridized carbons (Fsp3) is 0.259. The summed E-state index contributed by atoms with van der Waals surface area (Å²) < 4.78 is 4.79. The van der Waals surface area contributed by atoms with Crippen molar-refractivity contribution in [1.29, 1.82) is 0 Å². The average Bonchev–Trinajstić information content (AvgIpc) is 3.38. The molecule has 2 saturated heterocycles. The van der Waals surface area contributed by atoms with Crippen molar-refractivity contribution in [2.24, 2.45) is 5.73 Å². The second kappa shape index (κ2) is 22.4. The number of likely N-dealkylation sites (tertiary alicyclic amines) is 2. The molecule has 64 heavy (non-hydrogen) atoms. The normalized spacial score (nSPS) is 13.5. The van der Waals surface area contributed by atoms with Crippen molar-refractivity contribution in [2.45, 2.75) is 51.6 Å². The Labute approximate surface area is 376 Å². The molecule has 2 heterocycles. The van der Waals surface area contributed by atoms with Gasteiger partial charge in [0.15, 0.2) is 5.78 Å². The molecule has 0 unspecified atom stereocenters. The van der Waals surface area contributed by atoms with Gasteiger partial charge in [0.05, 0.1) is 32.3 Å². The van der Waals surface area contributed by atoms with E-state index in [1.807, 2.05) is 105 Å². The Hall–Kier alpha value is -7.04. The SMILES string of the molecule is COC(=O)c1ccc(CN(C(=O)N2CCCCC2)c2cccc(-c3ccccc3)c2)cc1.NCC(=O)c1ccc(CN(C(=O)N2CCCCC2)c2cccc(-c3ccccc3)c2)cc1. The van der Waals surface area contributed by atoms with E-state index in [2.05, 4.69) is 48.5 Å². The van der Waals surface area contributed by atoms with E-state index in [1.165, 1.54) is 20.0 Å². The minimum Gasteiger partial charge on any atom is -0.465 e. The number of esters is 1. The molecule has 4 amide bonds. The van der Waals surface area contributed by atoms with Crippen LogP contribution in [0.2, 0.25) is 0 Å². The molecule has 0 bridgehead atoms. The summed E-state index contributed by atoms with van der Waals surface area (Å²) in [7, 11) is 1.37. The van der Waals surface area contributed by atoms with Gasteiger partial charge in [-0.05, 0) is 108 Å². The molecular weight excluding hydrogens is 799 g/mol. The molecule has 6 aromatic rings. The van der Waals surface area contributed by atoms with E-state index in [0.29, 0.717) is 24.2 Å². The first-order valence-corrected chi connectivity index (χ1v) is 22.2. The van der Waals surface area contributed by atoms with Gasteiger partial charge in [0.1, 0.15) is 0 Å². The number of methoxy groups -OCH3 is 1. The summed E-state index contributed by atoms with van der Waals surface area (Å²) in [6.07, 6.45) is 6.50. The van der Waals surface area contributed by atoms with E-state index < -0.39 is 0 Å². The second-order valence-corrected chi connectivity index (χ2v) is 16.2. The second-order valence-electron chi connectivity index (χ2n) is 16.2. The Kier molecular flexibility index (Phi) is 15.7. The summed E-state index contributed by atoms with van der Waals surface area (Å²) in [5, 5.41) is 0. The minimum atomic E-state index is -0.367. The number of rotatable bonds is 11. The number of ether oxygens (including phenoxy) is 1. The molecule has 0 saturated carbocycles. The molecule has 0 aromatic heterocycles. The topological polar surface area (TPSA) is 116 Å². The first-order valence-electron chi connectivity index (χ1n) is 22.2. The number of benzene rings is 6. The first-order chi connectivity index (χ1) is 31.3. The summed E-state index contributed by atoms with van der Waals surface area (Å²) >= 11 is 0. The van der Waals surface area contributed by atoms with E-state index >= 15 is 0 Å². The lowest BCUT2D eigenvalue weighted by atomic mass is 10.0. The van der Waals surface area contributed by atoms with Gasteiger partial charge >= 0.3 is 18.0 Å². The fourth-order valence-corrected chi connectivity index (χ4v) is 8.16. The number of piperidine rings is 2. The molecule has 328 valence electrons. The van der Waals surface area contributed by atoms with Crippen LogP contribution in [0.4, 0.5) is 21.0 Å². The third kappa shape index (κ3) is 11.7. The van der Waals surface area contributed by atoms with Crippen molar-refractivity contribution in [1.82, 2.24) is 9.80 Å². The lowest BCUT2D eigenvalue weighted by molar-refractivity contribution is 0.0600. The van der Waals surface area contributed by atoms with E-state index in [-0.39, 0.29) is 30.4 Å². The van der Waals surface area contributed by atoms with E-state index in [4.69, 9.17) is 10.5 Å². The highest BCUT2D eigenvalue weighted by Crippen LogP contribution is 2.29. The zero-order valence-corrected chi connectivity index (χ0v) is 36.6. The summed E-state index contributed by atoms with van der Waals surface area (Å²) in [6, 6.07) is 51.2. The van der Waals surface area contributed by atoms with Crippen LogP contribution in [0.25, 0.3) is 22.3 Å². The zero-order valence-electron chi connectivity index (χ0n) is 36.6. The van der Waals surface area contributed by atoms with Gasteiger partial charge in [0.25, 0.3) is 0 Å². The van der Waals surface area contributed by atoms with Crippen LogP contribution in [0.3, 0.4) is 0 Å². The minimum absolute atomic E-state index is 0.00873. The summed E-state index contributed by atoms with van der Waals surface area (Å²) in [4.78, 5) is 58.3. The van der Waals surface area contributed by atoms with Gasteiger partial charge in [-0.2, -0.15) is 0 Å². The molecule has 2 N–H and O–H groups in total. The lowest BCUT2D eigenvalue weighted by Crippen LogP contribution is -2.45.